The molecule has 1 aliphatic rings. The molecule has 2 heterocycles. The molecule has 0 radical (unpaired) electrons. The summed E-state index contributed by atoms with van der Waals surface area (Å²) in [6, 6.07) is 20.5. The van der Waals surface area contributed by atoms with Gasteiger partial charge in [0.2, 0.25) is 0 Å². The Labute approximate surface area is 230 Å². The molecule has 6 nitrogen and oxygen atoms in total. The summed E-state index contributed by atoms with van der Waals surface area (Å²) in [5, 5.41) is 5.68. The number of carbonyl (C=O) groups is 1. The van der Waals surface area contributed by atoms with Crippen LogP contribution in [0.4, 0.5) is 9.93 Å². The van der Waals surface area contributed by atoms with Crippen molar-refractivity contribution in [3.8, 4) is 11.3 Å². The zero-order valence-corrected chi connectivity index (χ0v) is 23.2. The highest BCUT2D eigenvalue weighted by Crippen LogP contribution is 2.29. The van der Waals surface area contributed by atoms with Crippen LogP contribution in [0, 0.1) is 0 Å². The molecule has 4 rings (SSSR count). The van der Waals surface area contributed by atoms with E-state index in [-0.39, 0.29) is 11.9 Å². The minimum absolute atomic E-state index is 0.103. The zero-order chi connectivity index (χ0) is 26.6. The summed E-state index contributed by atoms with van der Waals surface area (Å²) in [5.41, 5.74) is 4.48. The van der Waals surface area contributed by atoms with Gasteiger partial charge in [0.25, 0.3) is 0 Å². The van der Waals surface area contributed by atoms with Crippen molar-refractivity contribution in [1.82, 2.24) is 14.8 Å². The maximum atomic E-state index is 13.5. The summed E-state index contributed by atoms with van der Waals surface area (Å²) in [4.78, 5) is 22.5. The number of amides is 2. The zero-order valence-electron chi connectivity index (χ0n) is 22.4. The van der Waals surface area contributed by atoms with E-state index in [1.165, 1.54) is 22.5 Å². The lowest BCUT2D eigenvalue weighted by Crippen LogP contribution is -2.44. The van der Waals surface area contributed by atoms with Crippen molar-refractivity contribution < 1.29 is 9.53 Å². The molecule has 0 spiro atoms. The van der Waals surface area contributed by atoms with Crippen LogP contribution in [0.3, 0.4) is 0 Å². The van der Waals surface area contributed by atoms with Crippen molar-refractivity contribution in [1.29, 1.82) is 0 Å². The Morgan fingerprint density at radius 3 is 2.53 bits per heavy atom. The van der Waals surface area contributed by atoms with Crippen molar-refractivity contribution in [3.05, 3.63) is 95.4 Å². The van der Waals surface area contributed by atoms with Gasteiger partial charge in [-0.15, -0.1) is 11.3 Å². The summed E-state index contributed by atoms with van der Waals surface area (Å²) in [7, 11) is 0. The molecule has 1 N–H and O–H groups in total. The van der Waals surface area contributed by atoms with Crippen LogP contribution in [0.15, 0.2) is 89.8 Å². The Morgan fingerprint density at radius 2 is 1.82 bits per heavy atom. The van der Waals surface area contributed by atoms with Crippen molar-refractivity contribution in [2.24, 2.45) is 0 Å². The fraction of sp³-hybridized carbons (Fsp3) is 0.355. The molecule has 1 saturated heterocycles. The van der Waals surface area contributed by atoms with Crippen molar-refractivity contribution in [3.63, 3.8) is 0 Å². The standard InChI is InChI=1S/C31H38N4O2S/c1-3-4-11-25(2)28(26-12-7-5-8-13-26)16-17-35(19-18-34-20-22-37-23-21-34)31(36)33-30-32-29(24-38-30)27-14-9-6-10-15-27/h3-15,24,28H,16-23H2,1-2H3,(H,32,33,36)/b4-3-,25-11+. The van der Waals surface area contributed by atoms with Gasteiger partial charge in [-0.05, 0) is 25.8 Å². The number of hydrogen-bond donors (Lipinski definition) is 1. The Bertz CT molecular complexity index is 1190. The number of morpholine rings is 1. The number of thiazole rings is 1. The molecule has 1 atom stereocenters. The van der Waals surface area contributed by atoms with E-state index >= 15 is 0 Å². The summed E-state index contributed by atoms with van der Waals surface area (Å²) < 4.78 is 5.51. The van der Waals surface area contributed by atoms with Crippen molar-refractivity contribution in [2.45, 2.75) is 26.2 Å². The van der Waals surface area contributed by atoms with Gasteiger partial charge in [0, 0.05) is 49.6 Å². The average Bonchev–Trinajstić information content (AvgIpc) is 3.43. The fourth-order valence-electron chi connectivity index (χ4n) is 4.64. The molecule has 0 aliphatic carbocycles. The van der Waals surface area contributed by atoms with E-state index < -0.39 is 0 Å². The van der Waals surface area contributed by atoms with E-state index in [0.29, 0.717) is 18.2 Å². The summed E-state index contributed by atoms with van der Waals surface area (Å²) in [6.07, 6.45) is 7.15. The minimum atomic E-state index is -0.103. The molecule has 0 saturated carbocycles. The second kappa shape index (κ2) is 14.6. The first kappa shape index (κ1) is 27.8. The monoisotopic (exact) mass is 530 g/mol. The van der Waals surface area contributed by atoms with Crippen LogP contribution in [0.1, 0.15) is 31.7 Å². The topological polar surface area (TPSA) is 57.7 Å². The number of hydrogen-bond acceptors (Lipinski definition) is 5. The van der Waals surface area contributed by atoms with Gasteiger partial charge in [-0.25, -0.2) is 9.78 Å². The number of urea groups is 1. The third kappa shape index (κ3) is 8.12. The van der Waals surface area contributed by atoms with Gasteiger partial charge in [-0.1, -0.05) is 84.5 Å². The number of ether oxygens (including phenoxy) is 1. The quantitative estimate of drug-likeness (QED) is 0.281. The molecule has 2 aromatic carbocycles. The van der Waals surface area contributed by atoms with Crippen LogP contribution in [-0.4, -0.2) is 66.8 Å². The molecule has 7 heteroatoms. The van der Waals surface area contributed by atoms with Crippen molar-refractivity contribution in [2.75, 3.05) is 51.3 Å². The minimum Gasteiger partial charge on any atom is -0.379 e. The highest BCUT2D eigenvalue weighted by molar-refractivity contribution is 7.14. The number of carbonyl (C=O) groups excluding carboxylic acids is 1. The van der Waals surface area contributed by atoms with Crippen LogP contribution >= 0.6 is 11.3 Å². The van der Waals surface area contributed by atoms with Gasteiger partial charge in [0.15, 0.2) is 5.13 Å². The van der Waals surface area contributed by atoms with E-state index in [1.54, 1.807) is 0 Å². The predicted molar refractivity (Wildman–Crippen MR) is 158 cm³/mol. The van der Waals surface area contributed by atoms with Crippen LogP contribution < -0.4 is 5.32 Å². The van der Waals surface area contributed by atoms with Gasteiger partial charge >= 0.3 is 6.03 Å². The average molecular weight is 531 g/mol. The number of allylic oxidation sites excluding steroid dienone is 4. The molecule has 1 unspecified atom stereocenters. The predicted octanol–water partition coefficient (Wildman–Crippen LogP) is 6.67. The first-order chi connectivity index (χ1) is 18.6. The van der Waals surface area contributed by atoms with Gasteiger partial charge in [0.1, 0.15) is 0 Å². The molecule has 2 amide bonds. The molecule has 3 aromatic rings. The van der Waals surface area contributed by atoms with Gasteiger partial charge in [-0.2, -0.15) is 0 Å². The van der Waals surface area contributed by atoms with Crippen LogP contribution in [0.2, 0.25) is 0 Å². The molecule has 200 valence electrons. The molecule has 1 fully saturated rings. The maximum absolute atomic E-state index is 13.5. The highest BCUT2D eigenvalue weighted by Gasteiger charge is 2.21. The molecule has 1 aromatic heterocycles. The number of nitrogens with zero attached hydrogens (tertiary/aromatic N) is 3. The second-order valence-electron chi connectivity index (χ2n) is 9.46. The van der Waals surface area contributed by atoms with E-state index in [1.807, 2.05) is 59.7 Å². The number of aromatic nitrogens is 1. The summed E-state index contributed by atoms with van der Waals surface area (Å²) in [5.74, 6) is 0.232. The summed E-state index contributed by atoms with van der Waals surface area (Å²) >= 11 is 1.46. The van der Waals surface area contributed by atoms with Gasteiger partial charge in [-0.3, -0.25) is 10.2 Å². The number of anilines is 1. The van der Waals surface area contributed by atoms with Crippen molar-refractivity contribution >= 4 is 22.5 Å². The van der Waals surface area contributed by atoms with E-state index in [0.717, 1.165) is 50.5 Å². The first-order valence-corrected chi connectivity index (χ1v) is 14.2. The maximum Gasteiger partial charge on any atom is 0.323 e. The van der Waals surface area contributed by atoms with E-state index in [4.69, 9.17) is 4.74 Å². The van der Waals surface area contributed by atoms with Crippen LogP contribution in [0.25, 0.3) is 11.3 Å². The van der Waals surface area contributed by atoms with Crippen LogP contribution in [0.5, 0.6) is 0 Å². The highest BCUT2D eigenvalue weighted by atomic mass is 32.1. The fourth-order valence-corrected chi connectivity index (χ4v) is 5.35. The Hall–Kier alpha value is -3.26. The third-order valence-electron chi connectivity index (χ3n) is 6.86. The lowest BCUT2D eigenvalue weighted by Gasteiger charge is -2.31. The smallest absolute Gasteiger partial charge is 0.323 e. The lowest BCUT2D eigenvalue weighted by molar-refractivity contribution is 0.0351. The Balaban J connectivity index is 1.47. The summed E-state index contributed by atoms with van der Waals surface area (Å²) in [6.45, 7) is 9.64. The molecular formula is C31H38N4O2S. The molecule has 1 aliphatic heterocycles. The molecular weight excluding hydrogens is 492 g/mol. The third-order valence-corrected chi connectivity index (χ3v) is 7.61. The Morgan fingerprint density at radius 1 is 1.11 bits per heavy atom. The molecule has 38 heavy (non-hydrogen) atoms. The Kier molecular flexibility index (Phi) is 10.7. The lowest BCUT2D eigenvalue weighted by atomic mass is 9.88. The van der Waals surface area contributed by atoms with Gasteiger partial charge < -0.3 is 9.64 Å². The number of nitrogens with one attached hydrogen (secondary N) is 1. The normalized spacial score (nSPS) is 15.5. The number of rotatable bonds is 11. The van der Waals surface area contributed by atoms with Gasteiger partial charge in [0.05, 0.1) is 18.9 Å². The number of benzene rings is 2. The second-order valence-corrected chi connectivity index (χ2v) is 10.3. The SMILES string of the molecule is C/C=C\C=C(/C)C(CCN(CCN1CCOCC1)C(=O)Nc1nc(-c2ccccc2)cs1)c1ccccc1. The first-order valence-electron chi connectivity index (χ1n) is 13.4. The van der Waals surface area contributed by atoms with E-state index in [2.05, 4.69) is 58.5 Å². The largest absolute Gasteiger partial charge is 0.379 e. The van der Waals surface area contributed by atoms with Crippen LogP contribution in [-0.2, 0) is 4.74 Å². The molecule has 0 bridgehead atoms. The van der Waals surface area contributed by atoms with E-state index in [9.17, 15) is 4.79 Å².